The Kier molecular flexibility index (Phi) is 4.40. The zero-order chi connectivity index (χ0) is 14.5. The average Bonchev–Trinajstić information content (AvgIpc) is 2.54. The van der Waals surface area contributed by atoms with Crippen LogP contribution in [0.3, 0.4) is 0 Å². The minimum Gasteiger partial charge on any atom is -0.370 e. The van der Waals surface area contributed by atoms with Crippen molar-refractivity contribution in [3.8, 4) is 11.4 Å². The van der Waals surface area contributed by atoms with Crippen LogP contribution in [0.15, 0.2) is 30.6 Å². The van der Waals surface area contributed by atoms with E-state index >= 15 is 0 Å². The third-order valence-electron chi connectivity index (χ3n) is 3.76. The molecule has 0 saturated carbocycles. The van der Waals surface area contributed by atoms with Crippen molar-refractivity contribution in [2.75, 3.05) is 25.0 Å². The van der Waals surface area contributed by atoms with Gasteiger partial charge in [-0.05, 0) is 50.9 Å². The first-order valence-electron chi connectivity index (χ1n) is 7.52. The molecule has 21 heavy (non-hydrogen) atoms. The molecular formula is C16H21N5. The topological polar surface area (TPSA) is 62.7 Å². The highest BCUT2D eigenvalue weighted by molar-refractivity contribution is 5.56. The van der Waals surface area contributed by atoms with Gasteiger partial charge in [-0.3, -0.25) is 4.98 Å². The molecule has 1 aliphatic rings. The van der Waals surface area contributed by atoms with Crippen molar-refractivity contribution in [2.24, 2.45) is 5.92 Å². The largest absolute Gasteiger partial charge is 0.370 e. The zero-order valence-corrected chi connectivity index (χ0v) is 12.3. The second-order valence-electron chi connectivity index (χ2n) is 5.55. The quantitative estimate of drug-likeness (QED) is 0.901. The van der Waals surface area contributed by atoms with Crippen LogP contribution in [0.25, 0.3) is 11.4 Å². The van der Waals surface area contributed by atoms with Gasteiger partial charge in [0.05, 0.1) is 0 Å². The van der Waals surface area contributed by atoms with E-state index in [1.807, 2.05) is 25.1 Å². The molecule has 0 spiro atoms. The highest BCUT2D eigenvalue weighted by atomic mass is 15.0. The number of hydrogen-bond acceptors (Lipinski definition) is 5. The van der Waals surface area contributed by atoms with Crippen LogP contribution in [0.1, 0.15) is 18.5 Å². The van der Waals surface area contributed by atoms with Gasteiger partial charge < -0.3 is 10.6 Å². The Bertz CT molecular complexity index is 578. The van der Waals surface area contributed by atoms with Gasteiger partial charge in [0, 0.05) is 36.3 Å². The lowest BCUT2D eigenvalue weighted by molar-refractivity contribution is 0.392. The van der Waals surface area contributed by atoms with Crippen molar-refractivity contribution in [1.29, 1.82) is 0 Å². The molecule has 3 rings (SSSR count). The molecule has 110 valence electrons. The van der Waals surface area contributed by atoms with Crippen molar-refractivity contribution >= 4 is 5.82 Å². The molecule has 2 aromatic rings. The molecule has 0 amide bonds. The van der Waals surface area contributed by atoms with Crippen molar-refractivity contribution < 1.29 is 0 Å². The second-order valence-corrected chi connectivity index (χ2v) is 5.55. The van der Waals surface area contributed by atoms with Crippen LogP contribution in [0, 0.1) is 12.8 Å². The fourth-order valence-electron chi connectivity index (χ4n) is 2.64. The molecule has 5 nitrogen and oxygen atoms in total. The summed E-state index contributed by atoms with van der Waals surface area (Å²) < 4.78 is 0. The molecule has 3 heterocycles. The number of rotatable bonds is 4. The van der Waals surface area contributed by atoms with Gasteiger partial charge in [0.1, 0.15) is 5.82 Å². The third kappa shape index (κ3) is 3.76. The van der Waals surface area contributed by atoms with E-state index in [1.165, 1.54) is 12.8 Å². The molecule has 0 aromatic carbocycles. The van der Waals surface area contributed by atoms with E-state index in [4.69, 9.17) is 0 Å². The Morgan fingerprint density at radius 1 is 1.29 bits per heavy atom. The Morgan fingerprint density at radius 3 is 2.90 bits per heavy atom. The summed E-state index contributed by atoms with van der Waals surface area (Å²) in [6.07, 6.45) is 6.07. The number of anilines is 1. The molecule has 1 saturated heterocycles. The molecule has 1 aliphatic heterocycles. The van der Waals surface area contributed by atoms with Gasteiger partial charge in [-0.1, -0.05) is 0 Å². The predicted octanol–water partition coefficient (Wildman–Crippen LogP) is 2.26. The number of nitrogens with zero attached hydrogens (tertiary/aromatic N) is 3. The Hall–Kier alpha value is -2.01. The van der Waals surface area contributed by atoms with Gasteiger partial charge in [-0.25, -0.2) is 9.97 Å². The molecular weight excluding hydrogens is 262 g/mol. The van der Waals surface area contributed by atoms with E-state index in [-0.39, 0.29) is 0 Å². The molecule has 2 N–H and O–H groups in total. The Morgan fingerprint density at radius 2 is 2.14 bits per heavy atom. The molecule has 0 bridgehead atoms. The summed E-state index contributed by atoms with van der Waals surface area (Å²) in [5, 5.41) is 6.90. The van der Waals surface area contributed by atoms with E-state index < -0.39 is 0 Å². The molecule has 1 atom stereocenters. The summed E-state index contributed by atoms with van der Waals surface area (Å²) in [7, 11) is 0. The van der Waals surface area contributed by atoms with Crippen molar-refractivity contribution in [3.05, 3.63) is 36.3 Å². The van der Waals surface area contributed by atoms with Gasteiger partial charge >= 0.3 is 0 Å². The number of aromatic nitrogens is 3. The van der Waals surface area contributed by atoms with Gasteiger partial charge in [0.2, 0.25) is 0 Å². The summed E-state index contributed by atoms with van der Waals surface area (Å²) in [6.45, 7) is 5.20. The molecule has 2 aromatic heterocycles. The standard InChI is InChI=1S/C16H21N5/c1-12-9-15(19-11-13-3-2-6-18-10-13)21-16(20-12)14-4-7-17-8-5-14/h4-5,7-9,13,18H,2-3,6,10-11H2,1H3,(H,19,20,21). The van der Waals surface area contributed by atoms with E-state index in [9.17, 15) is 0 Å². The maximum Gasteiger partial charge on any atom is 0.161 e. The summed E-state index contributed by atoms with van der Waals surface area (Å²) >= 11 is 0. The fraction of sp³-hybridized carbons (Fsp3) is 0.438. The monoisotopic (exact) mass is 283 g/mol. The molecule has 1 unspecified atom stereocenters. The number of hydrogen-bond donors (Lipinski definition) is 2. The normalized spacial score (nSPS) is 18.4. The summed E-state index contributed by atoms with van der Waals surface area (Å²) in [5.74, 6) is 2.33. The van der Waals surface area contributed by atoms with Crippen molar-refractivity contribution in [1.82, 2.24) is 20.3 Å². The Balaban J connectivity index is 1.72. The molecule has 0 radical (unpaired) electrons. The van der Waals surface area contributed by atoms with Crippen molar-refractivity contribution in [2.45, 2.75) is 19.8 Å². The van der Waals surface area contributed by atoms with Crippen LogP contribution in [-0.2, 0) is 0 Å². The summed E-state index contributed by atoms with van der Waals surface area (Å²) in [4.78, 5) is 13.2. The maximum absolute atomic E-state index is 4.62. The lowest BCUT2D eigenvalue weighted by Gasteiger charge is -2.23. The van der Waals surface area contributed by atoms with Crippen molar-refractivity contribution in [3.63, 3.8) is 0 Å². The number of aryl methyl sites for hydroxylation is 1. The highest BCUT2D eigenvalue weighted by Gasteiger charge is 2.13. The lowest BCUT2D eigenvalue weighted by Crippen LogP contribution is -2.33. The van der Waals surface area contributed by atoms with Crippen LogP contribution in [0.2, 0.25) is 0 Å². The van der Waals surface area contributed by atoms with Crippen LogP contribution in [0.4, 0.5) is 5.82 Å². The molecule has 0 aliphatic carbocycles. The zero-order valence-electron chi connectivity index (χ0n) is 12.3. The second kappa shape index (κ2) is 6.63. The van der Waals surface area contributed by atoms with Gasteiger partial charge in [0.25, 0.3) is 0 Å². The Labute approximate surface area is 125 Å². The lowest BCUT2D eigenvalue weighted by atomic mass is 10.00. The minimum atomic E-state index is 0.679. The van der Waals surface area contributed by atoms with Crippen LogP contribution in [0.5, 0.6) is 0 Å². The van der Waals surface area contributed by atoms with Gasteiger partial charge in [-0.15, -0.1) is 0 Å². The SMILES string of the molecule is Cc1cc(NCC2CCCNC2)nc(-c2ccncc2)n1. The molecule has 5 heteroatoms. The van der Waals surface area contributed by atoms with Crippen LogP contribution in [-0.4, -0.2) is 34.6 Å². The van der Waals surface area contributed by atoms with E-state index in [0.717, 1.165) is 42.5 Å². The summed E-state index contributed by atoms with van der Waals surface area (Å²) in [6, 6.07) is 5.87. The van der Waals surface area contributed by atoms with Crippen LogP contribution < -0.4 is 10.6 Å². The first-order chi connectivity index (χ1) is 10.3. The van der Waals surface area contributed by atoms with Gasteiger partial charge in [0.15, 0.2) is 5.82 Å². The number of nitrogens with one attached hydrogen (secondary N) is 2. The number of piperidine rings is 1. The number of pyridine rings is 1. The highest BCUT2D eigenvalue weighted by Crippen LogP contribution is 2.18. The smallest absolute Gasteiger partial charge is 0.161 e. The summed E-state index contributed by atoms with van der Waals surface area (Å²) in [5.41, 5.74) is 1.97. The first-order valence-corrected chi connectivity index (χ1v) is 7.52. The minimum absolute atomic E-state index is 0.679. The molecule has 1 fully saturated rings. The fourth-order valence-corrected chi connectivity index (χ4v) is 2.64. The van der Waals surface area contributed by atoms with E-state index in [1.54, 1.807) is 12.4 Å². The third-order valence-corrected chi connectivity index (χ3v) is 3.76. The van der Waals surface area contributed by atoms with Crippen LogP contribution >= 0.6 is 0 Å². The maximum atomic E-state index is 4.62. The predicted molar refractivity (Wildman–Crippen MR) is 84.1 cm³/mol. The average molecular weight is 283 g/mol. The first kappa shape index (κ1) is 13.9. The van der Waals surface area contributed by atoms with E-state index in [2.05, 4.69) is 25.6 Å². The van der Waals surface area contributed by atoms with Gasteiger partial charge in [-0.2, -0.15) is 0 Å². The van der Waals surface area contributed by atoms with E-state index in [0.29, 0.717) is 5.92 Å².